The number of nitrogens with zero attached hydrogens (tertiary/aromatic N) is 4. The summed E-state index contributed by atoms with van der Waals surface area (Å²) in [6.07, 6.45) is 0.680. The van der Waals surface area contributed by atoms with E-state index in [4.69, 9.17) is 10.8 Å². The second kappa shape index (κ2) is 4.81. The van der Waals surface area contributed by atoms with Crippen molar-refractivity contribution in [1.82, 2.24) is 0 Å². The van der Waals surface area contributed by atoms with Gasteiger partial charge >= 0.3 is 0 Å². The quantitative estimate of drug-likeness (QED) is 0.392. The van der Waals surface area contributed by atoms with Crippen molar-refractivity contribution in [3.05, 3.63) is 45.8 Å². The van der Waals surface area contributed by atoms with Gasteiger partial charge in [-0.05, 0) is 29.6 Å². The van der Waals surface area contributed by atoms with E-state index in [0.717, 1.165) is 5.56 Å². The van der Waals surface area contributed by atoms with Gasteiger partial charge in [0.2, 0.25) is 0 Å². The molecular weight excluding hydrogens is 164 g/mol. The van der Waals surface area contributed by atoms with Gasteiger partial charge in [-0.15, -0.1) is 0 Å². The van der Waals surface area contributed by atoms with E-state index in [9.17, 15) is 0 Å². The van der Waals surface area contributed by atoms with Crippen LogP contribution in [0.25, 0.3) is 10.4 Å². The third kappa shape index (κ3) is 2.86. The second-order valence-electron chi connectivity index (χ2n) is 2.52. The van der Waals surface area contributed by atoms with Gasteiger partial charge < -0.3 is 0 Å². The molecule has 0 saturated heterocycles. The van der Waals surface area contributed by atoms with Crippen molar-refractivity contribution in [1.29, 1.82) is 5.26 Å². The molecule has 0 aliphatic heterocycles. The Labute approximate surface area is 76.1 Å². The summed E-state index contributed by atoms with van der Waals surface area (Å²) in [6.45, 7) is 0.436. The van der Waals surface area contributed by atoms with Crippen molar-refractivity contribution in [2.75, 3.05) is 6.54 Å². The van der Waals surface area contributed by atoms with Crippen LogP contribution in [0.4, 0.5) is 0 Å². The van der Waals surface area contributed by atoms with Crippen LogP contribution < -0.4 is 0 Å². The van der Waals surface area contributed by atoms with Gasteiger partial charge in [0, 0.05) is 11.5 Å². The highest BCUT2D eigenvalue weighted by atomic mass is 15.1. The molecule has 0 aromatic heterocycles. The summed E-state index contributed by atoms with van der Waals surface area (Å²) in [5.74, 6) is 0. The molecule has 4 nitrogen and oxygen atoms in total. The molecule has 0 amide bonds. The highest BCUT2D eigenvalue weighted by molar-refractivity contribution is 5.32. The average molecular weight is 172 g/mol. The smallest absolute Gasteiger partial charge is 0.0991 e. The topological polar surface area (TPSA) is 72.5 Å². The van der Waals surface area contributed by atoms with Crippen molar-refractivity contribution < 1.29 is 0 Å². The Bertz CT molecular complexity index is 371. The first-order chi connectivity index (χ1) is 6.36. The Kier molecular flexibility index (Phi) is 3.37. The molecule has 0 radical (unpaired) electrons. The molecule has 0 heterocycles. The van der Waals surface area contributed by atoms with Crippen LogP contribution >= 0.6 is 0 Å². The van der Waals surface area contributed by atoms with Gasteiger partial charge in [0.05, 0.1) is 11.6 Å². The van der Waals surface area contributed by atoms with Crippen LogP contribution in [0.5, 0.6) is 0 Å². The largest absolute Gasteiger partial charge is 0.192 e. The van der Waals surface area contributed by atoms with E-state index in [2.05, 4.69) is 16.1 Å². The number of hydrogen-bond donors (Lipinski definition) is 0. The first kappa shape index (κ1) is 9.11. The second-order valence-corrected chi connectivity index (χ2v) is 2.52. The SMILES string of the molecule is N#Cc1cccc(CCN=[N+]=[N-])c1. The Balaban J connectivity index is 2.67. The van der Waals surface area contributed by atoms with Gasteiger partial charge in [0.1, 0.15) is 0 Å². The van der Waals surface area contributed by atoms with E-state index in [1.54, 1.807) is 12.1 Å². The average Bonchev–Trinajstić information content (AvgIpc) is 2.19. The fourth-order valence-corrected chi connectivity index (χ4v) is 1.02. The molecule has 13 heavy (non-hydrogen) atoms. The molecule has 0 bridgehead atoms. The minimum absolute atomic E-state index is 0.436. The van der Waals surface area contributed by atoms with Crippen LogP contribution in [0.2, 0.25) is 0 Å². The summed E-state index contributed by atoms with van der Waals surface area (Å²) < 4.78 is 0. The van der Waals surface area contributed by atoms with Crippen molar-refractivity contribution in [3.63, 3.8) is 0 Å². The molecule has 0 unspecified atom stereocenters. The van der Waals surface area contributed by atoms with Crippen LogP contribution in [0.15, 0.2) is 29.4 Å². The molecule has 1 rings (SSSR count). The molecule has 0 fully saturated rings. The lowest BCUT2D eigenvalue weighted by Crippen LogP contribution is -1.88. The van der Waals surface area contributed by atoms with Crippen molar-refractivity contribution in [2.45, 2.75) is 6.42 Å². The highest BCUT2D eigenvalue weighted by Crippen LogP contribution is 2.04. The normalized spacial score (nSPS) is 8.54. The van der Waals surface area contributed by atoms with Crippen LogP contribution in [0.3, 0.4) is 0 Å². The summed E-state index contributed by atoms with van der Waals surface area (Å²) in [6, 6.07) is 9.33. The minimum atomic E-state index is 0.436. The molecule has 0 aliphatic carbocycles. The molecule has 1 aromatic rings. The molecule has 0 saturated carbocycles. The molecule has 0 aliphatic rings. The predicted molar refractivity (Wildman–Crippen MR) is 48.9 cm³/mol. The number of azide groups is 1. The third-order valence-corrected chi connectivity index (χ3v) is 1.62. The maximum absolute atomic E-state index is 8.60. The summed E-state index contributed by atoms with van der Waals surface area (Å²) in [7, 11) is 0. The lowest BCUT2D eigenvalue weighted by molar-refractivity contribution is 0.955. The zero-order chi connectivity index (χ0) is 9.52. The summed E-state index contributed by atoms with van der Waals surface area (Å²) >= 11 is 0. The third-order valence-electron chi connectivity index (χ3n) is 1.62. The van der Waals surface area contributed by atoms with Gasteiger partial charge in [-0.2, -0.15) is 5.26 Å². The minimum Gasteiger partial charge on any atom is -0.192 e. The Morgan fingerprint density at radius 1 is 1.54 bits per heavy atom. The molecule has 64 valence electrons. The van der Waals surface area contributed by atoms with Crippen LogP contribution in [0, 0.1) is 11.3 Å². The molecule has 0 atom stereocenters. The zero-order valence-electron chi connectivity index (χ0n) is 7.01. The Hall–Kier alpha value is -1.98. The van der Waals surface area contributed by atoms with Gasteiger partial charge in [0.25, 0.3) is 0 Å². The number of hydrogen-bond acceptors (Lipinski definition) is 2. The maximum atomic E-state index is 8.60. The van der Waals surface area contributed by atoms with E-state index in [1.807, 2.05) is 12.1 Å². The standard InChI is InChI=1S/C9H8N4/c10-7-9-3-1-2-8(6-9)4-5-12-13-11/h1-3,6H,4-5H2. The van der Waals surface area contributed by atoms with Crippen molar-refractivity contribution >= 4 is 0 Å². The molecule has 0 N–H and O–H groups in total. The van der Waals surface area contributed by atoms with Gasteiger partial charge in [-0.25, -0.2) is 0 Å². The maximum Gasteiger partial charge on any atom is 0.0991 e. The fourth-order valence-electron chi connectivity index (χ4n) is 1.02. The summed E-state index contributed by atoms with van der Waals surface area (Å²) in [5, 5.41) is 12.0. The lowest BCUT2D eigenvalue weighted by Gasteiger charge is -1.96. The van der Waals surface area contributed by atoms with Gasteiger partial charge in [0.15, 0.2) is 0 Å². The Morgan fingerprint density at radius 2 is 2.38 bits per heavy atom. The molecule has 4 heteroatoms. The van der Waals surface area contributed by atoms with Crippen LogP contribution in [0.1, 0.15) is 11.1 Å². The predicted octanol–water partition coefficient (Wildman–Crippen LogP) is 2.41. The fraction of sp³-hybridized carbons (Fsp3) is 0.222. The molecule has 1 aromatic carbocycles. The number of nitriles is 1. The number of benzene rings is 1. The number of rotatable bonds is 3. The summed E-state index contributed by atoms with van der Waals surface area (Å²) in [5.41, 5.74) is 9.71. The van der Waals surface area contributed by atoms with E-state index in [-0.39, 0.29) is 0 Å². The Morgan fingerprint density at radius 3 is 3.08 bits per heavy atom. The van der Waals surface area contributed by atoms with E-state index in [1.165, 1.54) is 0 Å². The highest BCUT2D eigenvalue weighted by Gasteiger charge is 1.93. The monoisotopic (exact) mass is 172 g/mol. The van der Waals surface area contributed by atoms with Gasteiger partial charge in [-0.1, -0.05) is 17.2 Å². The van der Waals surface area contributed by atoms with E-state index >= 15 is 0 Å². The van der Waals surface area contributed by atoms with Gasteiger partial charge in [-0.3, -0.25) is 0 Å². The van der Waals surface area contributed by atoms with Crippen LogP contribution in [-0.2, 0) is 6.42 Å². The lowest BCUT2D eigenvalue weighted by atomic mass is 10.1. The zero-order valence-corrected chi connectivity index (χ0v) is 7.01. The van der Waals surface area contributed by atoms with E-state index in [0.29, 0.717) is 18.5 Å². The van der Waals surface area contributed by atoms with Crippen LogP contribution in [-0.4, -0.2) is 6.54 Å². The summed E-state index contributed by atoms with van der Waals surface area (Å²) in [4.78, 5) is 2.65. The first-order valence-electron chi connectivity index (χ1n) is 3.86. The molecule has 0 spiro atoms. The molecular formula is C9H8N4. The van der Waals surface area contributed by atoms with Crippen molar-refractivity contribution in [2.24, 2.45) is 5.11 Å². The van der Waals surface area contributed by atoms with Crippen molar-refractivity contribution in [3.8, 4) is 6.07 Å². The first-order valence-corrected chi connectivity index (χ1v) is 3.86. The van der Waals surface area contributed by atoms with E-state index < -0.39 is 0 Å².